The molecule has 126 valence electrons. The van der Waals surface area contributed by atoms with Crippen LogP contribution in [0.5, 0.6) is 5.75 Å². The second kappa shape index (κ2) is 9.14. The Bertz CT molecular complexity index is 677. The number of ether oxygens (including phenoxy) is 1. The van der Waals surface area contributed by atoms with Crippen LogP contribution in [0, 0.1) is 10.1 Å². The summed E-state index contributed by atoms with van der Waals surface area (Å²) in [6.07, 6.45) is 0.250. The van der Waals surface area contributed by atoms with Gasteiger partial charge in [0.1, 0.15) is 11.4 Å². The zero-order valence-corrected chi connectivity index (χ0v) is 13.1. The van der Waals surface area contributed by atoms with E-state index in [0.717, 1.165) is 5.75 Å². The molecule has 2 N–H and O–H groups in total. The Morgan fingerprint density at radius 3 is 2.50 bits per heavy atom. The number of hydrogen-bond donors (Lipinski definition) is 2. The molecule has 2 aromatic rings. The standard InChI is InChI=1S/C17H19N3O4/c21-17(10-13-24-14-6-2-1-3-7-14)19-12-11-18-15-8-4-5-9-16(15)20(22)23/h1-9,18H,10-13H2,(H,19,21). The first kappa shape index (κ1) is 17.3. The van der Waals surface area contributed by atoms with E-state index in [1.54, 1.807) is 18.2 Å². The Kier molecular flexibility index (Phi) is 6.58. The van der Waals surface area contributed by atoms with Crippen LogP contribution in [0.15, 0.2) is 54.6 Å². The average molecular weight is 329 g/mol. The molecule has 0 bridgehead atoms. The van der Waals surface area contributed by atoms with Crippen LogP contribution in [-0.2, 0) is 4.79 Å². The van der Waals surface area contributed by atoms with E-state index < -0.39 is 4.92 Å². The number of carbonyl (C=O) groups is 1. The van der Waals surface area contributed by atoms with Crippen molar-refractivity contribution in [1.82, 2.24) is 5.32 Å². The molecule has 0 fully saturated rings. The summed E-state index contributed by atoms with van der Waals surface area (Å²) in [4.78, 5) is 22.1. The molecular weight excluding hydrogens is 310 g/mol. The maximum atomic E-state index is 11.7. The Labute approximate surface area is 139 Å². The lowest BCUT2D eigenvalue weighted by Gasteiger charge is -2.09. The van der Waals surface area contributed by atoms with Crippen LogP contribution in [0.4, 0.5) is 11.4 Å². The first-order chi connectivity index (χ1) is 11.7. The fourth-order valence-electron chi connectivity index (χ4n) is 2.05. The number of rotatable bonds is 9. The van der Waals surface area contributed by atoms with Gasteiger partial charge in [0.05, 0.1) is 18.0 Å². The van der Waals surface area contributed by atoms with E-state index in [-0.39, 0.29) is 18.0 Å². The van der Waals surface area contributed by atoms with Gasteiger partial charge in [-0.2, -0.15) is 0 Å². The van der Waals surface area contributed by atoms with Crippen LogP contribution in [0.3, 0.4) is 0 Å². The molecule has 0 spiro atoms. The summed E-state index contributed by atoms with van der Waals surface area (Å²) < 4.78 is 5.44. The number of nitro groups is 1. The molecule has 7 heteroatoms. The summed E-state index contributed by atoms with van der Waals surface area (Å²) in [5.74, 6) is 0.596. The summed E-state index contributed by atoms with van der Waals surface area (Å²) in [6.45, 7) is 1.07. The smallest absolute Gasteiger partial charge is 0.292 e. The van der Waals surface area contributed by atoms with Gasteiger partial charge in [-0.15, -0.1) is 0 Å². The van der Waals surface area contributed by atoms with Gasteiger partial charge >= 0.3 is 0 Å². The Morgan fingerprint density at radius 1 is 1.04 bits per heavy atom. The van der Waals surface area contributed by atoms with Crippen LogP contribution in [0.25, 0.3) is 0 Å². The van der Waals surface area contributed by atoms with Crippen LogP contribution >= 0.6 is 0 Å². The van der Waals surface area contributed by atoms with E-state index in [1.807, 2.05) is 30.3 Å². The highest BCUT2D eigenvalue weighted by Gasteiger charge is 2.11. The first-order valence-electron chi connectivity index (χ1n) is 7.58. The molecule has 0 atom stereocenters. The van der Waals surface area contributed by atoms with Crippen molar-refractivity contribution in [2.75, 3.05) is 25.0 Å². The molecule has 0 aliphatic heterocycles. The lowest BCUT2D eigenvalue weighted by atomic mass is 10.2. The largest absolute Gasteiger partial charge is 0.493 e. The lowest BCUT2D eigenvalue weighted by Crippen LogP contribution is -2.29. The topological polar surface area (TPSA) is 93.5 Å². The zero-order valence-electron chi connectivity index (χ0n) is 13.1. The van der Waals surface area contributed by atoms with Crippen molar-refractivity contribution in [3.05, 3.63) is 64.7 Å². The van der Waals surface area contributed by atoms with E-state index in [0.29, 0.717) is 25.4 Å². The van der Waals surface area contributed by atoms with Gasteiger partial charge in [-0.25, -0.2) is 0 Å². The maximum absolute atomic E-state index is 11.7. The minimum Gasteiger partial charge on any atom is -0.493 e. The van der Waals surface area contributed by atoms with Crippen molar-refractivity contribution in [2.24, 2.45) is 0 Å². The number of anilines is 1. The molecule has 7 nitrogen and oxygen atoms in total. The van der Waals surface area contributed by atoms with E-state index >= 15 is 0 Å². The predicted octanol–water partition coefficient (Wildman–Crippen LogP) is 2.59. The van der Waals surface area contributed by atoms with E-state index in [1.165, 1.54) is 6.07 Å². The second-order valence-electron chi connectivity index (χ2n) is 4.96. The number of hydrogen-bond acceptors (Lipinski definition) is 5. The van der Waals surface area contributed by atoms with Crippen molar-refractivity contribution in [2.45, 2.75) is 6.42 Å². The first-order valence-corrected chi connectivity index (χ1v) is 7.58. The highest BCUT2D eigenvalue weighted by molar-refractivity contribution is 5.76. The molecule has 0 aromatic heterocycles. The van der Waals surface area contributed by atoms with Gasteiger partial charge in [-0.3, -0.25) is 14.9 Å². The molecule has 0 aliphatic carbocycles. The summed E-state index contributed by atoms with van der Waals surface area (Å²) in [7, 11) is 0. The maximum Gasteiger partial charge on any atom is 0.292 e. The number of nitrogens with one attached hydrogen (secondary N) is 2. The normalized spacial score (nSPS) is 10.0. The molecule has 0 saturated heterocycles. The second-order valence-corrected chi connectivity index (χ2v) is 4.96. The quantitative estimate of drug-likeness (QED) is 0.419. The van der Waals surface area contributed by atoms with Crippen molar-refractivity contribution in [1.29, 1.82) is 0 Å². The van der Waals surface area contributed by atoms with E-state index in [2.05, 4.69) is 10.6 Å². The number of carbonyl (C=O) groups excluding carboxylic acids is 1. The molecule has 1 amide bonds. The lowest BCUT2D eigenvalue weighted by molar-refractivity contribution is -0.384. The fraction of sp³-hybridized carbons (Fsp3) is 0.235. The predicted molar refractivity (Wildman–Crippen MR) is 91.1 cm³/mol. The summed E-state index contributed by atoms with van der Waals surface area (Å²) in [6, 6.07) is 15.7. The van der Waals surface area contributed by atoms with Crippen LogP contribution < -0.4 is 15.4 Å². The summed E-state index contributed by atoms with van der Waals surface area (Å²) in [5.41, 5.74) is 0.448. The third-order valence-electron chi connectivity index (χ3n) is 3.20. The van der Waals surface area contributed by atoms with Crippen molar-refractivity contribution in [3.63, 3.8) is 0 Å². The van der Waals surface area contributed by atoms with Gasteiger partial charge in [-0.05, 0) is 18.2 Å². The minimum atomic E-state index is -0.443. The Balaban J connectivity index is 1.64. The summed E-state index contributed by atoms with van der Waals surface area (Å²) in [5, 5.41) is 16.6. The minimum absolute atomic E-state index is 0.0140. The summed E-state index contributed by atoms with van der Waals surface area (Å²) >= 11 is 0. The van der Waals surface area contributed by atoms with Crippen LogP contribution in [0.1, 0.15) is 6.42 Å². The molecule has 0 heterocycles. The van der Waals surface area contributed by atoms with Gasteiger partial charge in [0.25, 0.3) is 5.69 Å². The fourth-order valence-corrected chi connectivity index (χ4v) is 2.05. The number of nitrogens with zero attached hydrogens (tertiary/aromatic N) is 1. The molecular formula is C17H19N3O4. The van der Waals surface area contributed by atoms with Crippen LogP contribution in [-0.4, -0.2) is 30.5 Å². The zero-order chi connectivity index (χ0) is 17.2. The third kappa shape index (κ3) is 5.60. The number of para-hydroxylation sites is 3. The number of nitro benzene ring substituents is 1. The van der Waals surface area contributed by atoms with Gasteiger partial charge in [0, 0.05) is 19.2 Å². The van der Waals surface area contributed by atoms with Crippen molar-refractivity contribution in [3.8, 4) is 5.75 Å². The van der Waals surface area contributed by atoms with Gasteiger partial charge in [0.2, 0.25) is 5.91 Å². The molecule has 0 aliphatic rings. The van der Waals surface area contributed by atoms with E-state index in [9.17, 15) is 14.9 Å². The van der Waals surface area contributed by atoms with Gasteiger partial charge in [0.15, 0.2) is 0 Å². The van der Waals surface area contributed by atoms with E-state index in [4.69, 9.17) is 4.74 Å². The molecule has 0 unspecified atom stereocenters. The monoisotopic (exact) mass is 329 g/mol. The van der Waals surface area contributed by atoms with Gasteiger partial charge < -0.3 is 15.4 Å². The average Bonchev–Trinajstić information content (AvgIpc) is 2.60. The molecule has 24 heavy (non-hydrogen) atoms. The number of benzene rings is 2. The van der Waals surface area contributed by atoms with Gasteiger partial charge in [-0.1, -0.05) is 30.3 Å². The number of amides is 1. The van der Waals surface area contributed by atoms with Crippen molar-refractivity contribution >= 4 is 17.3 Å². The Morgan fingerprint density at radius 2 is 1.75 bits per heavy atom. The molecule has 0 saturated carbocycles. The molecule has 2 aromatic carbocycles. The highest BCUT2D eigenvalue weighted by Crippen LogP contribution is 2.22. The molecule has 0 radical (unpaired) electrons. The molecule has 2 rings (SSSR count). The van der Waals surface area contributed by atoms with Crippen LogP contribution in [0.2, 0.25) is 0 Å². The van der Waals surface area contributed by atoms with Crippen molar-refractivity contribution < 1.29 is 14.5 Å². The Hall–Kier alpha value is -3.09. The SMILES string of the molecule is O=C(CCOc1ccccc1)NCCNc1ccccc1[N+](=O)[O-]. The third-order valence-corrected chi connectivity index (χ3v) is 3.20. The highest BCUT2D eigenvalue weighted by atomic mass is 16.6.